The molecule has 16 N–H and O–H groups in total. The van der Waals surface area contributed by atoms with E-state index >= 15 is 0 Å². The van der Waals surface area contributed by atoms with Crippen LogP contribution >= 0.6 is 22.9 Å². The second-order valence-electron chi connectivity index (χ2n) is 31.0. The molecule has 12 rings (SSSR count). The SMILES string of the molecule is CC[C@@H](Nc1c(Nc2cccc(S(=O)(=O)N(C)C)c2O)[nH]o[n+]1=O)c1ccc(C)o1.Cc1ccc([C@H](Nc2c(Nc3ccc(Cl)c(S(=O)(=O)N(C)C)c3O)[nH]o[n+]2=O)C(C)(C)C)o1.Cc1ccc([C@H](Nc2c(Nc3cccc(S(=O)(=O)N(C)C)c3O)[nH]o[n+]2=O)C(C)(C)C)s1.Cc1ccc([C@H](Nc2c(Nc3cccc(S(=O)(=O)N(C)C)c3O)[nH]o[n+]2=O)C(F)(F)F)o1. The van der Waals surface area contributed by atoms with Crippen molar-refractivity contribution in [1.29, 1.82) is 0 Å². The minimum absolute atomic E-state index is 0.0103. The molecule has 43 nitrogen and oxygen atoms in total. The summed E-state index contributed by atoms with van der Waals surface area (Å²) in [5.74, 6) is -0.644. The number of furan rings is 3. The molecule has 0 saturated carbocycles. The first-order valence-corrected chi connectivity index (χ1v) is 44.7. The number of hydrogen-bond acceptors (Lipinski definition) is 32. The van der Waals surface area contributed by atoms with Crippen LogP contribution in [-0.2, 0) is 40.1 Å². The topological polar surface area (TPSA) is 574 Å². The zero-order chi connectivity index (χ0) is 94.5. The number of halogens is 4. The van der Waals surface area contributed by atoms with E-state index in [4.69, 9.17) is 38.7 Å². The van der Waals surface area contributed by atoms with E-state index in [9.17, 15) is 86.9 Å². The van der Waals surface area contributed by atoms with Crippen LogP contribution in [0.15, 0.2) is 167 Å². The van der Waals surface area contributed by atoms with Gasteiger partial charge in [-0.05, 0) is 151 Å². The molecular weight excluding hydrogens is 1800 g/mol. The molecule has 0 saturated heterocycles. The number of aromatic amines is 4. The van der Waals surface area contributed by atoms with E-state index in [0.29, 0.717) is 28.3 Å². The van der Waals surface area contributed by atoms with Crippen molar-refractivity contribution in [3.05, 3.63) is 184 Å². The molecule has 52 heteroatoms. The lowest BCUT2D eigenvalue weighted by molar-refractivity contribution is -0.701. The lowest BCUT2D eigenvalue weighted by Crippen LogP contribution is -2.31. The summed E-state index contributed by atoms with van der Waals surface area (Å²) in [5.41, 5.74) is -0.692. The maximum Gasteiger partial charge on any atom is 0.429 e. The standard InChI is InChI=1S/C20H26ClN5O6S.C20H27N5O5S2.C18H23N5O6S.C17H18F3N5O6S/c1-11-7-10-14(31-11)17(20(2,3)4)23-19-18(24-32-26(19)28)22-13-9-8-12(21)16(15(13)27)33(29,30)25(5)6;1-12-10-11-14(31-12)17(20(2,3)4)22-19-18(23-30-25(19)27)21-13-8-7-9-15(16(13)26)32(28,29)24(5)6;1-5-12(14-10-9-11(2)28-14)20-18-17(21-29-23(18)25)19-13-7-6-8-15(16(13)24)30(26,27)22(3)4;1-9-7-8-11(30-9)14(17(18,19)20)22-16-15(23-31-25(16)27)21-10-5-4-6-12(13(10)26)32(28,29)24(2)3/h7-10,17,23H,1-6H3,(H2-,22,24,27,28);7-11,17,22H,1-6H3,(H2-,21,23,26,27);6-10,12,20H,5H2,1-4H3,(H2-,19,21,24,25);4-8,14,22H,1-3H3,(H2-,21,23,26,27)/p+4/t2*17-;12-;14-/m0010/s1. The number of sulfonamides is 4. The van der Waals surface area contributed by atoms with E-state index in [-0.39, 0.29) is 115 Å². The van der Waals surface area contributed by atoms with Gasteiger partial charge in [-0.3, -0.25) is 21.3 Å². The summed E-state index contributed by atoms with van der Waals surface area (Å²) in [4.78, 5) is 49.6. The first-order chi connectivity index (χ1) is 59.0. The van der Waals surface area contributed by atoms with Crippen molar-refractivity contribution in [2.45, 2.75) is 133 Å². The molecule has 0 fully saturated rings. The van der Waals surface area contributed by atoms with E-state index in [1.54, 1.807) is 11.3 Å². The van der Waals surface area contributed by atoms with E-state index in [2.05, 4.69) is 62.5 Å². The van der Waals surface area contributed by atoms with E-state index in [1.807, 2.05) is 111 Å². The zero-order valence-electron chi connectivity index (χ0n) is 71.7. The Hall–Kier alpha value is -12.5. The largest absolute Gasteiger partial charge is 0.504 e. The second kappa shape index (κ2) is 38.8. The Labute approximate surface area is 732 Å². The lowest BCUT2D eigenvalue weighted by atomic mass is 9.85. The number of phenolic OH excluding ortho intramolecular Hbond substituents is 4. The number of para-hydroxylation sites is 3. The predicted octanol–water partition coefficient (Wildman–Crippen LogP) is 13.3. The smallest absolute Gasteiger partial charge is 0.429 e. The van der Waals surface area contributed by atoms with Crippen LogP contribution in [0.1, 0.15) is 123 Å². The van der Waals surface area contributed by atoms with Crippen LogP contribution in [0.25, 0.3) is 0 Å². The van der Waals surface area contributed by atoms with Crippen LogP contribution in [0.2, 0.25) is 5.02 Å². The van der Waals surface area contributed by atoms with Crippen molar-refractivity contribution >= 4 is 132 Å². The number of aryl methyl sites for hydroxylation is 4. The summed E-state index contributed by atoms with van der Waals surface area (Å²) in [6.45, 7) is 21.1. The number of alkyl halides is 3. The van der Waals surface area contributed by atoms with Gasteiger partial charge >= 0.3 is 29.4 Å². The number of rotatable bonds is 29. The monoisotopic (exact) mass is 1900 g/mol. The summed E-state index contributed by atoms with van der Waals surface area (Å²) in [7, 11) is -5.19. The Bertz CT molecular complexity index is 6450. The van der Waals surface area contributed by atoms with Crippen LogP contribution in [0, 0.1) is 58.2 Å². The minimum Gasteiger partial charge on any atom is -0.504 e. The number of thiophene rings is 1. The highest BCUT2D eigenvalue weighted by Crippen LogP contribution is 2.46. The molecule has 8 heterocycles. The average Bonchev–Trinajstić information content (AvgIpc) is 1.76. The maximum absolute atomic E-state index is 13.6. The van der Waals surface area contributed by atoms with Crippen molar-refractivity contribution < 1.29 is 117 Å². The third-order valence-corrected chi connectivity index (χ3v) is 27.5. The first kappa shape index (κ1) is 98.3. The van der Waals surface area contributed by atoms with Gasteiger partial charge in [-0.25, -0.2) is 50.9 Å². The summed E-state index contributed by atoms with van der Waals surface area (Å²) in [6.07, 6.45) is -4.24. The highest BCUT2D eigenvalue weighted by atomic mass is 35.5. The van der Waals surface area contributed by atoms with Gasteiger partial charge in [0.25, 0.3) is 23.3 Å². The van der Waals surface area contributed by atoms with Crippen molar-refractivity contribution in [2.75, 3.05) is 98.9 Å². The number of anilines is 12. The first-order valence-electron chi connectivity index (χ1n) is 37.7. The van der Waals surface area contributed by atoms with Gasteiger partial charge in [0.2, 0.25) is 46.1 Å². The molecule has 0 amide bonds. The molecule has 4 aromatic carbocycles. The Balaban J connectivity index is 0.000000191. The third kappa shape index (κ3) is 22.5. The lowest BCUT2D eigenvalue weighted by Gasteiger charge is -2.27. The van der Waals surface area contributed by atoms with Crippen LogP contribution in [0.3, 0.4) is 0 Å². The Morgan fingerprint density at radius 3 is 1.03 bits per heavy atom. The number of nitrogens with zero attached hydrogens (tertiary/aromatic N) is 8. The molecule has 0 aliphatic carbocycles. The average molecular weight is 1900 g/mol. The molecule has 0 bridgehead atoms. The number of phenols is 4. The summed E-state index contributed by atoms with van der Waals surface area (Å²) in [5, 5.41) is 73.8. The molecule has 127 heavy (non-hydrogen) atoms. The van der Waals surface area contributed by atoms with E-state index in [0.717, 1.165) is 44.9 Å². The fourth-order valence-electron chi connectivity index (χ4n) is 11.8. The Morgan fingerprint density at radius 2 is 0.732 bits per heavy atom. The number of aromatic hydroxyl groups is 4. The third-order valence-electron chi connectivity index (χ3n) is 18.6. The number of hydrogen-bond donors (Lipinski definition) is 16. The fraction of sp³-hybridized carbons (Fsp3) is 0.360. The molecule has 8 aromatic heterocycles. The van der Waals surface area contributed by atoms with Gasteiger partial charge in [-0.2, -0.15) is 13.2 Å². The van der Waals surface area contributed by atoms with Crippen molar-refractivity contribution in [3.63, 3.8) is 0 Å². The van der Waals surface area contributed by atoms with Gasteiger partial charge in [-0.15, -0.1) is 29.9 Å². The van der Waals surface area contributed by atoms with Crippen molar-refractivity contribution in [1.82, 2.24) is 37.8 Å². The highest BCUT2D eigenvalue weighted by Gasteiger charge is 2.48. The molecule has 0 unspecified atom stereocenters. The quantitative estimate of drug-likeness (QED) is 0.0194. The molecule has 0 spiro atoms. The molecule has 0 radical (unpaired) electrons. The molecule has 0 aliphatic heterocycles. The van der Waals surface area contributed by atoms with E-state index < -0.39 is 109 Å². The van der Waals surface area contributed by atoms with Crippen LogP contribution in [0.5, 0.6) is 23.0 Å². The molecular formula is C75H98ClF3N20O23S5+4. The fourth-order valence-corrected chi connectivity index (χ4v) is 17.4. The number of aromatic nitrogens is 8. The minimum atomic E-state index is -4.85. The second-order valence-corrected chi connectivity index (χ2v) is 41.2. The summed E-state index contributed by atoms with van der Waals surface area (Å²) < 4.78 is 180. The van der Waals surface area contributed by atoms with Gasteiger partial charge in [0.15, 0.2) is 41.4 Å². The van der Waals surface area contributed by atoms with E-state index in [1.165, 1.54) is 130 Å². The number of H-pyrrole nitrogens is 4. The van der Waals surface area contributed by atoms with Gasteiger partial charge in [0.1, 0.15) is 72.3 Å². The van der Waals surface area contributed by atoms with Gasteiger partial charge < -0.3 is 54.9 Å². The Morgan fingerprint density at radius 1 is 0.417 bits per heavy atom. The van der Waals surface area contributed by atoms with Crippen molar-refractivity contribution in [3.8, 4) is 23.0 Å². The molecule has 4 atom stereocenters. The summed E-state index contributed by atoms with van der Waals surface area (Å²) in [6, 6.07) is 25.2. The van der Waals surface area contributed by atoms with Crippen LogP contribution < -0.4 is 60.9 Å². The highest BCUT2D eigenvalue weighted by molar-refractivity contribution is 7.90. The maximum atomic E-state index is 13.6. The Kier molecular flexibility index (Phi) is 30.0. The molecule has 690 valence electrons. The number of benzene rings is 4. The van der Waals surface area contributed by atoms with Gasteiger partial charge in [0.05, 0.1) is 27.8 Å². The normalized spacial score (nSPS) is 13.2. The summed E-state index contributed by atoms with van der Waals surface area (Å²) >= 11 is 7.68. The zero-order valence-corrected chi connectivity index (χ0v) is 76.5. The molecule has 12 aromatic rings. The van der Waals surface area contributed by atoms with Gasteiger partial charge in [0, 0.05) is 77.0 Å². The molecule has 0 aliphatic rings. The number of nitrogens with one attached hydrogen (secondary N) is 12. The van der Waals surface area contributed by atoms with Crippen molar-refractivity contribution in [2.24, 2.45) is 10.8 Å². The predicted molar refractivity (Wildman–Crippen MR) is 460 cm³/mol. The van der Waals surface area contributed by atoms with Crippen LogP contribution in [-0.4, -0.2) is 155 Å². The van der Waals surface area contributed by atoms with Gasteiger partial charge in [-0.1, -0.05) is 98.9 Å². The van der Waals surface area contributed by atoms with Crippen LogP contribution in [0.4, 0.5) is 82.5 Å².